The third-order valence-corrected chi connectivity index (χ3v) is 1.49. The van der Waals surface area contributed by atoms with Crippen LogP contribution in [-0.4, -0.2) is 36.9 Å². The van der Waals surface area contributed by atoms with Crippen LogP contribution in [0.25, 0.3) is 0 Å². The van der Waals surface area contributed by atoms with Crippen molar-refractivity contribution in [2.75, 3.05) is 20.1 Å². The number of amides is 2. The summed E-state index contributed by atoms with van der Waals surface area (Å²) < 4.78 is 0. The lowest BCUT2D eigenvalue weighted by Crippen LogP contribution is -2.38. The first-order valence-electron chi connectivity index (χ1n) is 3.89. The minimum Gasteiger partial charge on any atom is -0.388 e. The van der Waals surface area contributed by atoms with Crippen LogP contribution in [-0.2, 0) is 0 Å². The van der Waals surface area contributed by atoms with Gasteiger partial charge < -0.3 is 16.0 Å². The molecule has 0 fully saturated rings. The molecule has 0 heterocycles. The number of rotatable bonds is 4. The van der Waals surface area contributed by atoms with Gasteiger partial charge in [-0.15, -0.1) is 0 Å². The monoisotopic (exact) mass is 172 g/mol. The Hall–Kier alpha value is -1.26. The molecule has 5 nitrogen and oxygen atoms in total. The Morgan fingerprint density at radius 3 is 2.67 bits per heavy atom. The molecule has 2 amide bonds. The molecule has 0 atom stereocenters. The number of nitrogens with zero attached hydrogens (tertiary/aromatic N) is 1. The molecule has 5 heteroatoms. The van der Waals surface area contributed by atoms with Gasteiger partial charge in [-0.1, -0.05) is 0 Å². The zero-order chi connectivity index (χ0) is 9.56. The first-order valence-corrected chi connectivity index (χ1v) is 3.89. The normalized spacial score (nSPS) is 9.17. The summed E-state index contributed by atoms with van der Waals surface area (Å²) >= 11 is 0. The second-order valence-electron chi connectivity index (χ2n) is 2.52. The van der Waals surface area contributed by atoms with Crippen molar-refractivity contribution in [3.05, 3.63) is 0 Å². The fraction of sp³-hybridized carbons (Fsp3) is 0.714. The molecule has 0 aliphatic carbocycles. The Morgan fingerprint density at radius 1 is 1.67 bits per heavy atom. The summed E-state index contributed by atoms with van der Waals surface area (Å²) in [5, 5.41) is 9.53. The van der Waals surface area contributed by atoms with Crippen LogP contribution < -0.4 is 11.1 Å². The molecule has 0 aromatic carbocycles. The second kappa shape index (κ2) is 5.40. The van der Waals surface area contributed by atoms with Crippen LogP contribution in [0.2, 0.25) is 0 Å². The molecular weight excluding hydrogens is 156 g/mol. The number of hydrogen-bond donors (Lipinski definition) is 3. The number of carbonyl (C=O) groups excluding carboxylic acids is 1. The van der Waals surface area contributed by atoms with E-state index < -0.39 is 0 Å². The molecule has 4 N–H and O–H groups in total. The molecule has 0 aromatic rings. The lowest BCUT2D eigenvalue weighted by Gasteiger charge is -2.14. The zero-order valence-electron chi connectivity index (χ0n) is 7.55. The predicted octanol–water partition coefficient (Wildman–Crippen LogP) is -0.0262. The van der Waals surface area contributed by atoms with Crippen molar-refractivity contribution in [1.29, 1.82) is 5.41 Å². The predicted molar refractivity (Wildman–Crippen MR) is 48.2 cm³/mol. The molecule has 12 heavy (non-hydrogen) atoms. The van der Waals surface area contributed by atoms with Crippen molar-refractivity contribution < 1.29 is 4.79 Å². The van der Waals surface area contributed by atoms with Crippen molar-refractivity contribution >= 4 is 11.9 Å². The van der Waals surface area contributed by atoms with E-state index in [0.717, 1.165) is 0 Å². The van der Waals surface area contributed by atoms with E-state index in [4.69, 9.17) is 11.1 Å². The average molecular weight is 172 g/mol. The Labute approximate surface area is 72.4 Å². The van der Waals surface area contributed by atoms with Crippen molar-refractivity contribution in [3.63, 3.8) is 0 Å². The molecule has 0 bridgehead atoms. The van der Waals surface area contributed by atoms with Crippen molar-refractivity contribution in [2.24, 2.45) is 5.73 Å². The van der Waals surface area contributed by atoms with Gasteiger partial charge in [0.2, 0.25) is 0 Å². The van der Waals surface area contributed by atoms with E-state index in [1.807, 2.05) is 6.92 Å². The quantitative estimate of drug-likeness (QED) is 0.411. The Balaban J connectivity index is 3.50. The third kappa shape index (κ3) is 4.54. The van der Waals surface area contributed by atoms with E-state index in [2.05, 4.69) is 5.32 Å². The topological polar surface area (TPSA) is 82.2 Å². The summed E-state index contributed by atoms with van der Waals surface area (Å²) in [7, 11) is 1.71. The van der Waals surface area contributed by atoms with Crippen LogP contribution in [0.5, 0.6) is 0 Å². The standard InChI is InChI=1S/C7H16N4O/c1-3-11(2)7(12)10-5-4-6(8)9/h3-5H2,1-2H3,(H3,8,9)(H,10,12). The number of carbonyl (C=O) groups is 1. The molecule has 0 saturated heterocycles. The number of hydrogen-bond acceptors (Lipinski definition) is 2. The molecule has 0 aromatic heterocycles. The number of nitrogens with two attached hydrogens (primary N) is 1. The van der Waals surface area contributed by atoms with Gasteiger partial charge in [0.05, 0.1) is 5.84 Å². The molecule has 0 saturated carbocycles. The van der Waals surface area contributed by atoms with E-state index in [1.54, 1.807) is 11.9 Å². The lowest BCUT2D eigenvalue weighted by molar-refractivity contribution is 0.211. The highest BCUT2D eigenvalue weighted by atomic mass is 16.2. The molecule has 0 unspecified atom stereocenters. The van der Waals surface area contributed by atoms with Crippen LogP contribution in [0, 0.1) is 5.41 Å². The molecule has 70 valence electrons. The Morgan fingerprint density at radius 2 is 2.25 bits per heavy atom. The van der Waals surface area contributed by atoms with E-state index in [1.165, 1.54) is 0 Å². The third-order valence-electron chi connectivity index (χ3n) is 1.49. The van der Waals surface area contributed by atoms with Gasteiger partial charge in [-0.25, -0.2) is 4.79 Å². The van der Waals surface area contributed by atoms with Gasteiger partial charge in [0, 0.05) is 26.6 Å². The zero-order valence-corrected chi connectivity index (χ0v) is 7.55. The Kier molecular flexibility index (Phi) is 4.83. The molecule has 0 spiro atoms. The summed E-state index contributed by atoms with van der Waals surface area (Å²) in [4.78, 5) is 12.6. The van der Waals surface area contributed by atoms with Crippen molar-refractivity contribution in [1.82, 2.24) is 10.2 Å². The van der Waals surface area contributed by atoms with Gasteiger partial charge in [-0.3, -0.25) is 5.41 Å². The summed E-state index contributed by atoms with van der Waals surface area (Å²) in [5.41, 5.74) is 5.11. The molecule has 0 aliphatic rings. The van der Waals surface area contributed by atoms with Gasteiger partial charge >= 0.3 is 6.03 Å². The number of amidine groups is 1. The summed E-state index contributed by atoms with van der Waals surface area (Å²) in [6, 6.07) is -0.126. The van der Waals surface area contributed by atoms with Gasteiger partial charge in [0.15, 0.2) is 0 Å². The molecule has 0 radical (unpaired) electrons. The maximum Gasteiger partial charge on any atom is 0.317 e. The van der Waals surface area contributed by atoms with E-state index in [0.29, 0.717) is 19.5 Å². The molecule has 0 rings (SSSR count). The number of urea groups is 1. The van der Waals surface area contributed by atoms with Crippen molar-refractivity contribution in [3.8, 4) is 0 Å². The molecular formula is C7H16N4O. The first-order chi connectivity index (χ1) is 5.57. The highest BCUT2D eigenvalue weighted by Gasteiger charge is 2.03. The summed E-state index contributed by atoms with van der Waals surface area (Å²) in [6.45, 7) is 3.00. The SMILES string of the molecule is CCN(C)C(=O)NCCC(=N)N. The van der Waals surface area contributed by atoms with E-state index >= 15 is 0 Å². The average Bonchev–Trinajstić information content (AvgIpc) is 2.02. The minimum atomic E-state index is -0.126. The largest absolute Gasteiger partial charge is 0.388 e. The summed E-state index contributed by atoms with van der Waals surface area (Å²) in [5.74, 6) is 0.0921. The highest BCUT2D eigenvalue weighted by molar-refractivity contribution is 5.78. The van der Waals surface area contributed by atoms with Gasteiger partial charge in [0.25, 0.3) is 0 Å². The maximum atomic E-state index is 11.1. The van der Waals surface area contributed by atoms with Gasteiger partial charge in [-0.05, 0) is 6.92 Å². The first kappa shape index (κ1) is 10.7. The van der Waals surface area contributed by atoms with Crippen LogP contribution in [0.1, 0.15) is 13.3 Å². The number of nitrogens with one attached hydrogen (secondary N) is 2. The van der Waals surface area contributed by atoms with E-state index in [-0.39, 0.29) is 11.9 Å². The lowest BCUT2D eigenvalue weighted by atomic mass is 10.4. The smallest absolute Gasteiger partial charge is 0.317 e. The molecule has 0 aliphatic heterocycles. The fourth-order valence-electron chi connectivity index (χ4n) is 0.583. The van der Waals surface area contributed by atoms with Gasteiger partial charge in [-0.2, -0.15) is 0 Å². The fourth-order valence-corrected chi connectivity index (χ4v) is 0.583. The van der Waals surface area contributed by atoms with Crippen LogP contribution in [0.3, 0.4) is 0 Å². The second-order valence-corrected chi connectivity index (χ2v) is 2.52. The van der Waals surface area contributed by atoms with Gasteiger partial charge in [0.1, 0.15) is 0 Å². The van der Waals surface area contributed by atoms with Crippen molar-refractivity contribution in [2.45, 2.75) is 13.3 Å². The van der Waals surface area contributed by atoms with Crippen LogP contribution in [0.4, 0.5) is 4.79 Å². The van der Waals surface area contributed by atoms with Crippen LogP contribution >= 0.6 is 0 Å². The highest BCUT2D eigenvalue weighted by Crippen LogP contribution is 1.82. The summed E-state index contributed by atoms with van der Waals surface area (Å²) in [6.07, 6.45) is 0.406. The van der Waals surface area contributed by atoms with E-state index in [9.17, 15) is 4.79 Å². The minimum absolute atomic E-state index is 0.0921. The van der Waals surface area contributed by atoms with Crippen LogP contribution in [0.15, 0.2) is 0 Å². The Bertz CT molecular complexity index is 169. The maximum absolute atomic E-state index is 11.1.